The largest absolute Gasteiger partial charge is 0.298 e. The molecule has 2 aromatic rings. The van der Waals surface area contributed by atoms with Crippen LogP contribution in [0.5, 0.6) is 0 Å². The number of thioether (sulfide) groups is 1. The van der Waals surface area contributed by atoms with Gasteiger partial charge in [0.25, 0.3) is 11.1 Å². The van der Waals surface area contributed by atoms with E-state index < -0.39 is 17.0 Å². The lowest BCUT2D eigenvalue weighted by atomic mass is 10.2. The summed E-state index contributed by atoms with van der Waals surface area (Å²) in [4.78, 5) is 26.6. The third kappa shape index (κ3) is 2.74. The number of rotatable bonds is 2. The van der Waals surface area contributed by atoms with Crippen molar-refractivity contribution in [3.05, 3.63) is 56.3 Å². The van der Waals surface area contributed by atoms with Gasteiger partial charge in [-0.2, -0.15) is 0 Å². The van der Waals surface area contributed by atoms with Crippen LogP contribution in [0.2, 0.25) is 5.02 Å². The maximum absolute atomic E-state index is 13.2. The second kappa shape index (κ2) is 5.63. The van der Waals surface area contributed by atoms with Crippen molar-refractivity contribution in [1.29, 1.82) is 0 Å². The van der Waals surface area contributed by atoms with Crippen molar-refractivity contribution < 1.29 is 14.0 Å². The van der Waals surface area contributed by atoms with Crippen molar-refractivity contribution in [2.24, 2.45) is 0 Å². The van der Waals surface area contributed by atoms with Gasteiger partial charge in [-0.15, -0.1) is 11.3 Å². The Hall–Kier alpha value is -1.63. The number of carbonyl (C=O) groups excluding carboxylic acids is 2. The number of amides is 2. The number of imide groups is 1. The Morgan fingerprint density at radius 3 is 2.71 bits per heavy atom. The molecule has 3 nitrogen and oxygen atoms in total. The summed E-state index contributed by atoms with van der Waals surface area (Å²) in [6.07, 6.45) is 1.67. The van der Waals surface area contributed by atoms with Crippen molar-refractivity contribution in [3.63, 3.8) is 0 Å². The molecule has 21 heavy (non-hydrogen) atoms. The van der Waals surface area contributed by atoms with E-state index in [0.717, 1.165) is 27.6 Å². The molecule has 2 heterocycles. The van der Waals surface area contributed by atoms with Gasteiger partial charge in [0.2, 0.25) is 0 Å². The first-order valence-electron chi connectivity index (χ1n) is 5.83. The average Bonchev–Trinajstić information content (AvgIpc) is 3.03. The molecule has 0 aliphatic carbocycles. The fourth-order valence-corrected chi connectivity index (χ4v) is 3.56. The van der Waals surface area contributed by atoms with Crippen molar-refractivity contribution in [2.45, 2.75) is 0 Å². The Labute approximate surface area is 133 Å². The molecule has 3 rings (SSSR count). The summed E-state index contributed by atoms with van der Waals surface area (Å²) >= 11 is 8.02. The molecular weight excluding hydrogens is 333 g/mol. The predicted octanol–water partition coefficient (Wildman–Crippen LogP) is 4.78. The van der Waals surface area contributed by atoms with E-state index in [1.165, 1.54) is 23.5 Å². The van der Waals surface area contributed by atoms with Gasteiger partial charge in [-0.1, -0.05) is 17.7 Å². The summed E-state index contributed by atoms with van der Waals surface area (Å²) in [6.45, 7) is 0. The van der Waals surface area contributed by atoms with Crippen molar-refractivity contribution in [3.8, 4) is 0 Å². The van der Waals surface area contributed by atoms with E-state index in [1.54, 1.807) is 6.08 Å². The lowest BCUT2D eigenvalue weighted by molar-refractivity contribution is -0.113. The number of benzene rings is 1. The Kier molecular flexibility index (Phi) is 3.84. The zero-order chi connectivity index (χ0) is 15.0. The number of hydrogen-bond donors (Lipinski definition) is 0. The molecule has 1 saturated heterocycles. The van der Waals surface area contributed by atoms with E-state index in [-0.39, 0.29) is 10.7 Å². The maximum Gasteiger partial charge on any atom is 0.298 e. The van der Waals surface area contributed by atoms with E-state index in [2.05, 4.69) is 0 Å². The highest BCUT2D eigenvalue weighted by atomic mass is 35.5. The first-order chi connectivity index (χ1) is 10.1. The van der Waals surface area contributed by atoms with Crippen LogP contribution >= 0.6 is 34.7 Å². The van der Waals surface area contributed by atoms with Crippen LogP contribution in [-0.2, 0) is 4.79 Å². The smallest absolute Gasteiger partial charge is 0.268 e. The number of nitrogens with zero attached hydrogens (tertiary/aromatic N) is 1. The van der Waals surface area contributed by atoms with Crippen LogP contribution in [0, 0.1) is 5.82 Å². The summed E-state index contributed by atoms with van der Waals surface area (Å²) in [6, 6.07) is 7.46. The van der Waals surface area contributed by atoms with Crippen LogP contribution < -0.4 is 4.90 Å². The molecule has 7 heteroatoms. The third-order valence-corrected chi connectivity index (χ3v) is 4.75. The van der Waals surface area contributed by atoms with Crippen LogP contribution in [0.4, 0.5) is 14.9 Å². The van der Waals surface area contributed by atoms with Gasteiger partial charge in [-0.05, 0) is 47.5 Å². The SMILES string of the molecule is O=C1S/C(=C/c2cccs2)C(=O)N1c1ccc(F)c(Cl)c1. The van der Waals surface area contributed by atoms with Gasteiger partial charge in [0.15, 0.2) is 0 Å². The highest BCUT2D eigenvalue weighted by Gasteiger charge is 2.36. The van der Waals surface area contributed by atoms with Crippen LogP contribution in [-0.4, -0.2) is 11.1 Å². The van der Waals surface area contributed by atoms with Crippen LogP contribution in [0.1, 0.15) is 4.88 Å². The highest BCUT2D eigenvalue weighted by molar-refractivity contribution is 8.19. The molecule has 0 saturated carbocycles. The first-order valence-corrected chi connectivity index (χ1v) is 7.90. The maximum atomic E-state index is 13.2. The molecular formula is C14H7ClFNO2S2. The monoisotopic (exact) mass is 339 g/mol. The highest BCUT2D eigenvalue weighted by Crippen LogP contribution is 2.37. The molecule has 0 atom stereocenters. The molecule has 1 aromatic heterocycles. The number of anilines is 1. The van der Waals surface area contributed by atoms with E-state index in [9.17, 15) is 14.0 Å². The summed E-state index contributed by atoms with van der Waals surface area (Å²) in [5.74, 6) is -1.03. The van der Waals surface area contributed by atoms with E-state index in [0.29, 0.717) is 4.91 Å². The van der Waals surface area contributed by atoms with Gasteiger partial charge < -0.3 is 0 Å². The van der Waals surface area contributed by atoms with E-state index in [1.807, 2.05) is 17.5 Å². The molecule has 2 amide bonds. The standard InChI is InChI=1S/C14H7ClFNO2S2/c15-10-6-8(3-4-11(10)16)17-13(18)12(21-14(17)19)7-9-2-1-5-20-9/h1-7H/b12-7+. The Morgan fingerprint density at radius 2 is 2.05 bits per heavy atom. The van der Waals surface area contributed by atoms with Crippen LogP contribution in [0.15, 0.2) is 40.6 Å². The quantitative estimate of drug-likeness (QED) is 0.739. The van der Waals surface area contributed by atoms with Gasteiger partial charge in [0, 0.05) is 4.88 Å². The van der Waals surface area contributed by atoms with E-state index in [4.69, 9.17) is 11.6 Å². The molecule has 1 aliphatic rings. The first kappa shape index (κ1) is 14.3. The third-order valence-electron chi connectivity index (χ3n) is 2.77. The Bertz CT molecular complexity index is 758. The molecule has 1 aromatic carbocycles. The Morgan fingerprint density at radius 1 is 1.24 bits per heavy atom. The predicted molar refractivity (Wildman–Crippen MR) is 84.2 cm³/mol. The number of thiophene rings is 1. The van der Waals surface area contributed by atoms with Gasteiger partial charge >= 0.3 is 0 Å². The fourth-order valence-electron chi connectivity index (χ4n) is 1.82. The normalized spacial score (nSPS) is 17.0. The average molecular weight is 340 g/mol. The number of hydrogen-bond acceptors (Lipinski definition) is 4. The summed E-state index contributed by atoms with van der Waals surface area (Å²) in [5.41, 5.74) is 0.262. The van der Waals surface area contributed by atoms with Crippen molar-refractivity contribution in [2.75, 3.05) is 4.90 Å². The molecule has 106 valence electrons. The molecule has 1 aliphatic heterocycles. The molecule has 0 bridgehead atoms. The number of carbonyl (C=O) groups is 2. The lowest BCUT2D eigenvalue weighted by Crippen LogP contribution is -2.27. The molecule has 1 fully saturated rings. The van der Waals surface area contributed by atoms with Gasteiger partial charge in [0.1, 0.15) is 5.82 Å². The summed E-state index contributed by atoms with van der Waals surface area (Å²) < 4.78 is 13.2. The topological polar surface area (TPSA) is 37.4 Å². The summed E-state index contributed by atoms with van der Waals surface area (Å²) in [5, 5.41) is 1.33. The summed E-state index contributed by atoms with van der Waals surface area (Å²) in [7, 11) is 0. The van der Waals surface area contributed by atoms with Crippen molar-refractivity contribution in [1.82, 2.24) is 0 Å². The number of halogens is 2. The second-order valence-corrected chi connectivity index (χ2v) is 6.51. The fraction of sp³-hybridized carbons (Fsp3) is 0. The van der Waals surface area contributed by atoms with E-state index >= 15 is 0 Å². The molecule has 0 N–H and O–H groups in total. The Balaban J connectivity index is 1.95. The van der Waals surface area contributed by atoms with Gasteiger partial charge in [-0.3, -0.25) is 9.59 Å². The molecule has 0 unspecified atom stereocenters. The minimum atomic E-state index is -0.596. The van der Waals surface area contributed by atoms with Crippen LogP contribution in [0.3, 0.4) is 0 Å². The minimum Gasteiger partial charge on any atom is -0.268 e. The second-order valence-electron chi connectivity index (χ2n) is 4.13. The molecule has 0 radical (unpaired) electrons. The lowest BCUT2D eigenvalue weighted by Gasteiger charge is -2.12. The molecule has 0 spiro atoms. The van der Waals surface area contributed by atoms with Crippen LogP contribution in [0.25, 0.3) is 6.08 Å². The minimum absolute atomic E-state index is 0.131. The van der Waals surface area contributed by atoms with Gasteiger partial charge in [0.05, 0.1) is 15.6 Å². The van der Waals surface area contributed by atoms with Crippen molar-refractivity contribution >= 4 is 57.6 Å². The zero-order valence-corrected chi connectivity index (χ0v) is 12.8. The zero-order valence-electron chi connectivity index (χ0n) is 10.4. The van der Waals surface area contributed by atoms with Gasteiger partial charge in [-0.25, -0.2) is 9.29 Å².